The molecule has 1 unspecified atom stereocenters. The van der Waals surface area contributed by atoms with Gasteiger partial charge in [-0.25, -0.2) is 4.79 Å². The zero-order valence-electron chi connectivity index (χ0n) is 32.6. The third-order valence-corrected chi connectivity index (χ3v) is 11.7. The molecule has 1 fully saturated rings. The number of halogens is 4. The Labute approximate surface area is 351 Å². The normalized spacial score (nSPS) is 14.5. The summed E-state index contributed by atoms with van der Waals surface area (Å²) in [5, 5.41) is 16.1. The topological polar surface area (TPSA) is 128 Å². The molecule has 0 saturated carbocycles. The molecular weight excluding hydrogens is 821 g/mol. The third-order valence-electron chi connectivity index (χ3n) is 10.5. The van der Waals surface area contributed by atoms with Gasteiger partial charge in [-0.15, -0.1) is 0 Å². The smallest absolute Gasteiger partial charge is 0.408 e. The van der Waals surface area contributed by atoms with E-state index in [0.717, 1.165) is 54.3 Å². The largest absolute Gasteiger partial charge is 0.491 e. The summed E-state index contributed by atoms with van der Waals surface area (Å²) in [7, 11) is 2.12. The van der Waals surface area contributed by atoms with Crippen LogP contribution in [0, 0.1) is 6.92 Å². The second-order valence-corrected chi connectivity index (χ2v) is 15.7. The number of piperazine rings is 1. The maximum atomic E-state index is 13.1. The van der Waals surface area contributed by atoms with Gasteiger partial charge in [0.25, 0.3) is 0 Å². The van der Waals surface area contributed by atoms with Crippen LogP contribution in [0.3, 0.4) is 0 Å². The number of para-hydroxylation sites is 2. The van der Waals surface area contributed by atoms with Gasteiger partial charge in [0, 0.05) is 68.1 Å². The number of aromatic nitrogens is 4. The van der Waals surface area contributed by atoms with Gasteiger partial charge < -0.3 is 28.6 Å². The summed E-state index contributed by atoms with van der Waals surface area (Å²) < 4.78 is 70.0. The quantitative estimate of drug-likeness (QED) is 0.106. The highest BCUT2D eigenvalue weighted by Crippen LogP contribution is 2.47. The lowest BCUT2D eigenvalue weighted by atomic mass is 9.92. The zero-order chi connectivity index (χ0) is 42.0. The number of hydrogen-bond donors (Lipinski definition) is 1. The molecule has 1 aliphatic heterocycles. The molecule has 0 spiro atoms. The lowest BCUT2D eigenvalue weighted by Crippen LogP contribution is -2.45. The number of rotatable bonds is 15. The summed E-state index contributed by atoms with van der Waals surface area (Å²) >= 11 is 8.20. The Kier molecular flexibility index (Phi) is 12.0. The number of nitrogens with zero attached hydrogens (tertiary/aromatic N) is 6. The van der Waals surface area contributed by atoms with E-state index in [1.165, 1.54) is 12.3 Å². The van der Waals surface area contributed by atoms with Crippen molar-refractivity contribution in [3.8, 4) is 39.8 Å². The maximum Gasteiger partial charge on any atom is 0.408 e. The molecule has 5 heterocycles. The number of carboxylic acid groups (broad SMARTS) is 1. The summed E-state index contributed by atoms with van der Waals surface area (Å²) in [6.07, 6.45) is -1.53. The van der Waals surface area contributed by atoms with E-state index >= 15 is 0 Å². The van der Waals surface area contributed by atoms with E-state index in [9.17, 15) is 23.1 Å². The third kappa shape index (κ3) is 8.92. The van der Waals surface area contributed by atoms with E-state index in [4.69, 9.17) is 35.2 Å². The van der Waals surface area contributed by atoms with Gasteiger partial charge in [-0.05, 0) is 72.5 Å². The monoisotopic (exact) mass is 860 g/mol. The molecule has 1 saturated heterocycles. The molecule has 3 aromatic carbocycles. The fraction of sp³-hybridized carbons (Fsp3) is 0.302. The lowest BCUT2D eigenvalue weighted by Gasteiger charge is -2.32. The van der Waals surface area contributed by atoms with Crippen molar-refractivity contribution in [2.45, 2.75) is 38.8 Å². The van der Waals surface area contributed by atoms with Crippen LogP contribution in [0.15, 0.2) is 89.8 Å². The lowest BCUT2D eigenvalue weighted by molar-refractivity contribution is -0.145. The minimum atomic E-state index is -4.47. The second kappa shape index (κ2) is 17.5. The molecule has 17 heteroatoms. The Bertz CT molecular complexity index is 2640. The van der Waals surface area contributed by atoms with Crippen molar-refractivity contribution in [2.75, 3.05) is 46.4 Å². The molecule has 312 valence electrons. The number of carbonyl (C=O) groups is 1. The van der Waals surface area contributed by atoms with E-state index in [1.807, 2.05) is 43.3 Å². The highest BCUT2D eigenvalue weighted by atomic mass is 35.5. The Hall–Kier alpha value is -5.68. The fourth-order valence-corrected chi connectivity index (χ4v) is 8.23. The van der Waals surface area contributed by atoms with Crippen LogP contribution in [0.25, 0.3) is 43.4 Å². The Morgan fingerprint density at radius 2 is 1.82 bits per heavy atom. The summed E-state index contributed by atoms with van der Waals surface area (Å²) in [6.45, 7) is 5.57. The number of ether oxygens (including phenoxy) is 3. The van der Waals surface area contributed by atoms with Crippen LogP contribution in [0.5, 0.6) is 17.4 Å². The van der Waals surface area contributed by atoms with Crippen molar-refractivity contribution in [3.05, 3.63) is 107 Å². The molecule has 1 aliphatic rings. The molecule has 0 radical (unpaired) electrons. The van der Waals surface area contributed by atoms with Crippen LogP contribution in [0.4, 0.5) is 13.2 Å². The van der Waals surface area contributed by atoms with Gasteiger partial charge in [0.2, 0.25) is 12.0 Å². The number of carboxylic acids is 1. The predicted molar refractivity (Wildman–Crippen MR) is 222 cm³/mol. The summed E-state index contributed by atoms with van der Waals surface area (Å²) in [6, 6.07) is 19.5. The van der Waals surface area contributed by atoms with E-state index in [2.05, 4.69) is 26.3 Å². The van der Waals surface area contributed by atoms with Crippen LogP contribution in [-0.2, 0) is 24.4 Å². The van der Waals surface area contributed by atoms with Crippen molar-refractivity contribution >= 4 is 50.2 Å². The predicted octanol–water partition coefficient (Wildman–Crippen LogP) is 8.77. The fourth-order valence-electron chi connectivity index (χ4n) is 7.31. The number of hydrogen-bond acceptors (Lipinski definition) is 11. The number of aliphatic carboxylic acids is 1. The van der Waals surface area contributed by atoms with Crippen molar-refractivity contribution in [3.63, 3.8) is 0 Å². The molecule has 0 aliphatic carbocycles. The van der Waals surface area contributed by atoms with Gasteiger partial charge in [0.1, 0.15) is 36.8 Å². The highest BCUT2D eigenvalue weighted by molar-refractivity contribution is 7.13. The number of fused-ring (bicyclic) bond motifs is 2. The van der Waals surface area contributed by atoms with Crippen LogP contribution in [0.1, 0.15) is 16.8 Å². The van der Waals surface area contributed by atoms with Gasteiger partial charge in [0.15, 0.2) is 0 Å². The number of benzene rings is 3. The molecule has 12 nitrogen and oxygen atoms in total. The van der Waals surface area contributed by atoms with Gasteiger partial charge in [-0.2, -0.15) is 22.6 Å². The van der Waals surface area contributed by atoms with Gasteiger partial charge in [-0.3, -0.25) is 14.6 Å². The van der Waals surface area contributed by atoms with Crippen molar-refractivity contribution in [1.29, 1.82) is 0 Å². The average molecular weight is 861 g/mol. The number of likely N-dealkylation sites (N-methyl/N-ethyl adjacent to an activating group) is 1. The summed E-state index contributed by atoms with van der Waals surface area (Å²) in [5.41, 5.74) is 4.57. The first-order valence-electron chi connectivity index (χ1n) is 19.2. The van der Waals surface area contributed by atoms with Crippen LogP contribution in [0.2, 0.25) is 5.02 Å². The molecule has 7 aromatic rings. The van der Waals surface area contributed by atoms with Gasteiger partial charge >= 0.3 is 12.1 Å². The first-order valence-corrected chi connectivity index (χ1v) is 20.3. The van der Waals surface area contributed by atoms with Gasteiger partial charge in [0.05, 0.1) is 32.8 Å². The van der Waals surface area contributed by atoms with Crippen molar-refractivity contribution < 1.29 is 41.7 Å². The summed E-state index contributed by atoms with van der Waals surface area (Å²) in [4.78, 5) is 22.5. The first-order chi connectivity index (χ1) is 28.9. The molecular formula is C43H40ClF3N6O6S. The van der Waals surface area contributed by atoms with Crippen molar-refractivity contribution in [2.24, 2.45) is 0 Å². The number of furan rings is 1. The van der Waals surface area contributed by atoms with Crippen LogP contribution >= 0.6 is 23.1 Å². The highest BCUT2D eigenvalue weighted by Gasteiger charge is 2.31. The Morgan fingerprint density at radius 3 is 2.62 bits per heavy atom. The number of pyridine rings is 1. The second-order valence-electron chi connectivity index (χ2n) is 14.5. The maximum absolute atomic E-state index is 13.1. The van der Waals surface area contributed by atoms with E-state index < -0.39 is 24.8 Å². The molecule has 1 atom stereocenters. The molecule has 0 bridgehead atoms. The standard InChI is InChI=1S/C43H40ClF3N6O6S/c1-26-30(10-11-33(38(26)44)56-21-19-52-17-15-51(2)16-18-52)36-37-35(23-48-39(36)31-8-5-7-27-13-20-57-40(27)31)60-50-41(37)59-34(42(54)55)22-28-6-3-4-9-32(28)58-24-29-12-14-49-53(29)25-43(45,46)47/h3-14,20,23,34H,15-19,21-22,24-25H2,1-2H3,(H,54,55). The average Bonchev–Trinajstić information content (AvgIpc) is 3.99. The van der Waals surface area contributed by atoms with E-state index in [-0.39, 0.29) is 30.4 Å². The first kappa shape index (κ1) is 41.1. The van der Waals surface area contributed by atoms with Crippen molar-refractivity contribution in [1.82, 2.24) is 28.9 Å². The molecule has 4 aromatic heterocycles. The Morgan fingerprint density at radius 1 is 1.00 bits per heavy atom. The SMILES string of the molecule is Cc1c(-c2c(-c3cccc4ccoc34)ncc3snc(OC(Cc4ccccc4OCc4ccnn4CC(F)(F)F)C(=O)O)c23)ccc(OCCN2CCN(C)CC2)c1Cl. The minimum Gasteiger partial charge on any atom is -0.491 e. The zero-order valence-corrected chi connectivity index (χ0v) is 34.2. The van der Waals surface area contributed by atoms with E-state index in [1.54, 1.807) is 36.7 Å². The molecule has 1 N–H and O–H groups in total. The van der Waals surface area contributed by atoms with Crippen LogP contribution in [-0.4, -0.2) is 98.7 Å². The summed E-state index contributed by atoms with van der Waals surface area (Å²) in [5.74, 6) is -0.365. The van der Waals surface area contributed by atoms with E-state index in [0.29, 0.717) is 66.6 Å². The molecule has 60 heavy (non-hydrogen) atoms. The Balaban J connectivity index is 1.13. The minimum absolute atomic E-state index is 0.0742. The molecule has 0 amide bonds. The van der Waals surface area contributed by atoms with Gasteiger partial charge in [-0.1, -0.05) is 48.0 Å². The molecule has 8 rings (SSSR count). The van der Waals surface area contributed by atoms with Crippen LogP contribution < -0.4 is 14.2 Å². The number of alkyl halides is 3.